The molecule has 1 saturated heterocycles. The quantitative estimate of drug-likeness (QED) is 0.772. The minimum absolute atomic E-state index is 0.386. The summed E-state index contributed by atoms with van der Waals surface area (Å²) in [6.45, 7) is 21.5. The third kappa shape index (κ3) is 10.3. The molecule has 0 N–H and O–H groups in total. The van der Waals surface area contributed by atoms with E-state index in [0.717, 1.165) is 0 Å². The van der Waals surface area contributed by atoms with Crippen LogP contribution in [0.25, 0.3) is 0 Å². The normalized spacial score (nSPS) is 23.7. The third-order valence-electron chi connectivity index (χ3n) is 4.77. The summed E-state index contributed by atoms with van der Waals surface area (Å²) in [6.07, 6.45) is 2.57. The van der Waals surface area contributed by atoms with Gasteiger partial charge in [-0.2, -0.15) is 0 Å². The number of hydrogen-bond acceptors (Lipinski definition) is 4. The van der Waals surface area contributed by atoms with Crippen molar-refractivity contribution in [1.82, 2.24) is 19.6 Å². The van der Waals surface area contributed by atoms with E-state index in [9.17, 15) is 0 Å². The molecule has 1 fully saturated rings. The van der Waals surface area contributed by atoms with E-state index < -0.39 is 0 Å². The molecule has 0 unspecified atom stereocenters. The van der Waals surface area contributed by atoms with Gasteiger partial charge in [-0.1, -0.05) is 27.7 Å². The topological polar surface area (TPSA) is 13.0 Å². The van der Waals surface area contributed by atoms with E-state index >= 15 is 0 Å². The molecular weight excluding hydrogens is 284 g/mol. The second kappa shape index (κ2) is 10.7. The number of likely N-dealkylation sites (N-methyl/N-ethyl adjacent to an activating group) is 3. The summed E-state index contributed by atoms with van der Waals surface area (Å²) < 4.78 is 0. The lowest BCUT2D eigenvalue weighted by Gasteiger charge is -2.33. The van der Waals surface area contributed by atoms with E-state index in [4.69, 9.17) is 0 Å². The molecule has 4 heteroatoms. The van der Waals surface area contributed by atoms with Crippen LogP contribution in [-0.4, -0.2) is 99.1 Å². The predicted molar refractivity (Wildman–Crippen MR) is 102 cm³/mol. The van der Waals surface area contributed by atoms with Crippen LogP contribution < -0.4 is 0 Å². The van der Waals surface area contributed by atoms with Crippen LogP contribution in [0.2, 0.25) is 0 Å². The molecule has 0 saturated carbocycles. The molecule has 0 aromatic rings. The van der Waals surface area contributed by atoms with Gasteiger partial charge in [-0.15, -0.1) is 0 Å². The van der Waals surface area contributed by atoms with Gasteiger partial charge >= 0.3 is 0 Å². The summed E-state index contributed by atoms with van der Waals surface area (Å²) in [4.78, 5) is 10.3. The molecule has 0 atom stereocenters. The van der Waals surface area contributed by atoms with Crippen molar-refractivity contribution in [2.45, 2.75) is 40.5 Å². The van der Waals surface area contributed by atoms with Gasteiger partial charge in [0.1, 0.15) is 0 Å². The highest BCUT2D eigenvalue weighted by Crippen LogP contribution is 2.15. The second-order valence-electron chi connectivity index (χ2n) is 8.58. The molecule has 0 radical (unpaired) electrons. The first kappa shape index (κ1) is 20.9. The standard InChI is InChI=1S/C19H42N4/c1-7-22-12-8-10-20(5)14-15-21(6)11-9-13-23(17-16-22)18-19(2,3)4/h7-18H2,1-6H3. The van der Waals surface area contributed by atoms with Gasteiger partial charge in [0.2, 0.25) is 0 Å². The molecular formula is C19H42N4. The average Bonchev–Trinajstić information content (AvgIpc) is 2.46. The van der Waals surface area contributed by atoms with Crippen LogP contribution in [0.4, 0.5) is 0 Å². The molecule has 23 heavy (non-hydrogen) atoms. The summed E-state index contributed by atoms with van der Waals surface area (Å²) >= 11 is 0. The van der Waals surface area contributed by atoms with Crippen LogP contribution in [0.5, 0.6) is 0 Å². The van der Waals surface area contributed by atoms with E-state index in [0.29, 0.717) is 5.41 Å². The molecule has 1 rings (SSSR count). The molecule has 0 bridgehead atoms. The first-order valence-electron chi connectivity index (χ1n) is 9.62. The maximum Gasteiger partial charge on any atom is 0.0110 e. The molecule has 0 aliphatic carbocycles. The van der Waals surface area contributed by atoms with Crippen LogP contribution in [0.1, 0.15) is 40.5 Å². The fraction of sp³-hybridized carbons (Fsp3) is 1.00. The number of hydrogen-bond donors (Lipinski definition) is 0. The average molecular weight is 327 g/mol. The van der Waals surface area contributed by atoms with Crippen molar-refractivity contribution in [2.24, 2.45) is 5.41 Å². The van der Waals surface area contributed by atoms with Crippen LogP contribution in [0.3, 0.4) is 0 Å². The Labute approximate surface area is 145 Å². The van der Waals surface area contributed by atoms with Crippen molar-refractivity contribution < 1.29 is 0 Å². The molecule has 4 nitrogen and oxygen atoms in total. The van der Waals surface area contributed by atoms with E-state index in [2.05, 4.69) is 61.4 Å². The van der Waals surface area contributed by atoms with Gasteiger partial charge in [0, 0.05) is 32.7 Å². The lowest BCUT2D eigenvalue weighted by molar-refractivity contribution is 0.147. The maximum absolute atomic E-state index is 2.69. The predicted octanol–water partition coefficient (Wildman–Crippen LogP) is 2.31. The van der Waals surface area contributed by atoms with Crippen LogP contribution in [-0.2, 0) is 0 Å². The highest BCUT2D eigenvalue weighted by Gasteiger charge is 2.17. The summed E-state index contributed by atoms with van der Waals surface area (Å²) in [7, 11) is 4.54. The van der Waals surface area contributed by atoms with E-state index in [-0.39, 0.29) is 0 Å². The summed E-state index contributed by atoms with van der Waals surface area (Å²) in [5, 5.41) is 0. The van der Waals surface area contributed by atoms with Crippen molar-refractivity contribution in [3.63, 3.8) is 0 Å². The summed E-state index contributed by atoms with van der Waals surface area (Å²) in [5.74, 6) is 0. The Hall–Kier alpha value is -0.160. The Balaban J connectivity index is 2.59. The molecule has 1 aliphatic rings. The van der Waals surface area contributed by atoms with Crippen molar-refractivity contribution in [2.75, 3.05) is 79.5 Å². The first-order valence-corrected chi connectivity index (χ1v) is 9.62. The fourth-order valence-corrected chi connectivity index (χ4v) is 3.35. The molecule has 0 spiro atoms. The minimum Gasteiger partial charge on any atom is -0.305 e. The van der Waals surface area contributed by atoms with Crippen LogP contribution in [0, 0.1) is 5.41 Å². The van der Waals surface area contributed by atoms with Crippen LogP contribution in [0.15, 0.2) is 0 Å². The highest BCUT2D eigenvalue weighted by atomic mass is 15.2. The maximum atomic E-state index is 2.69. The van der Waals surface area contributed by atoms with Gasteiger partial charge in [0.25, 0.3) is 0 Å². The van der Waals surface area contributed by atoms with Crippen molar-refractivity contribution in [3.8, 4) is 0 Å². The van der Waals surface area contributed by atoms with E-state index in [1.807, 2.05) is 0 Å². The second-order valence-corrected chi connectivity index (χ2v) is 8.58. The zero-order chi connectivity index (χ0) is 17.3. The molecule has 0 aromatic heterocycles. The van der Waals surface area contributed by atoms with Gasteiger partial charge in [0.15, 0.2) is 0 Å². The van der Waals surface area contributed by atoms with Crippen molar-refractivity contribution in [1.29, 1.82) is 0 Å². The van der Waals surface area contributed by atoms with Gasteiger partial charge in [-0.05, 0) is 65.1 Å². The highest BCUT2D eigenvalue weighted by molar-refractivity contribution is 4.72. The van der Waals surface area contributed by atoms with Gasteiger partial charge in [0.05, 0.1) is 0 Å². The van der Waals surface area contributed by atoms with E-state index in [1.54, 1.807) is 0 Å². The summed E-state index contributed by atoms with van der Waals surface area (Å²) in [6, 6.07) is 0. The zero-order valence-corrected chi connectivity index (χ0v) is 16.8. The van der Waals surface area contributed by atoms with Crippen molar-refractivity contribution >= 4 is 0 Å². The largest absolute Gasteiger partial charge is 0.305 e. The lowest BCUT2D eigenvalue weighted by Crippen LogP contribution is -2.42. The first-order chi connectivity index (χ1) is 10.8. The Morgan fingerprint density at radius 1 is 0.652 bits per heavy atom. The summed E-state index contributed by atoms with van der Waals surface area (Å²) in [5.41, 5.74) is 0.386. The minimum atomic E-state index is 0.386. The Kier molecular flexibility index (Phi) is 9.67. The third-order valence-corrected chi connectivity index (χ3v) is 4.77. The Morgan fingerprint density at radius 3 is 1.61 bits per heavy atom. The van der Waals surface area contributed by atoms with Gasteiger partial charge < -0.3 is 19.6 Å². The number of nitrogens with zero attached hydrogens (tertiary/aromatic N) is 4. The number of rotatable bonds is 2. The molecule has 0 amide bonds. The van der Waals surface area contributed by atoms with Gasteiger partial charge in [-0.3, -0.25) is 0 Å². The zero-order valence-electron chi connectivity index (χ0n) is 16.8. The monoisotopic (exact) mass is 326 g/mol. The SMILES string of the molecule is CCN1CCCN(C)CCN(C)CCCN(CC(C)(C)C)CC1. The smallest absolute Gasteiger partial charge is 0.0110 e. The van der Waals surface area contributed by atoms with Gasteiger partial charge in [-0.25, -0.2) is 0 Å². The van der Waals surface area contributed by atoms with Crippen LogP contribution >= 0.6 is 0 Å². The van der Waals surface area contributed by atoms with Crippen molar-refractivity contribution in [3.05, 3.63) is 0 Å². The lowest BCUT2D eigenvalue weighted by atomic mass is 9.96. The van der Waals surface area contributed by atoms with E-state index in [1.165, 1.54) is 78.3 Å². The Bertz CT molecular complexity index is 300. The molecule has 0 aromatic carbocycles. The molecule has 1 aliphatic heterocycles. The Morgan fingerprint density at radius 2 is 1.13 bits per heavy atom. The molecule has 138 valence electrons. The molecule has 1 heterocycles. The fourth-order valence-electron chi connectivity index (χ4n) is 3.35.